The predicted octanol–water partition coefficient (Wildman–Crippen LogP) is 0.990. The van der Waals surface area contributed by atoms with Gasteiger partial charge >= 0.3 is 5.97 Å². The molecule has 0 radical (unpaired) electrons. The van der Waals surface area contributed by atoms with Crippen molar-refractivity contribution in [1.82, 2.24) is 20.2 Å². The molecular formula is C15H18N6O2. The lowest BCUT2D eigenvalue weighted by Gasteiger charge is -2.22. The molecule has 0 aromatic carbocycles. The first-order valence-corrected chi connectivity index (χ1v) is 7.49. The highest BCUT2D eigenvalue weighted by Gasteiger charge is 2.18. The summed E-state index contributed by atoms with van der Waals surface area (Å²) in [7, 11) is 0. The molecule has 1 aliphatic heterocycles. The highest BCUT2D eigenvalue weighted by molar-refractivity contribution is 5.84. The molecule has 0 saturated carbocycles. The predicted molar refractivity (Wildman–Crippen MR) is 84.8 cm³/mol. The van der Waals surface area contributed by atoms with Gasteiger partial charge < -0.3 is 14.9 Å². The highest BCUT2D eigenvalue weighted by atomic mass is 16.4. The Bertz CT molecular complexity index is 673. The number of hydrogen-bond donors (Lipinski definition) is 1. The Labute approximate surface area is 133 Å². The van der Waals surface area contributed by atoms with Crippen LogP contribution in [0, 0.1) is 6.92 Å². The van der Waals surface area contributed by atoms with Crippen LogP contribution in [-0.4, -0.2) is 57.4 Å². The van der Waals surface area contributed by atoms with Crippen molar-refractivity contribution in [3.8, 4) is 0 Å². The summed E-state index contributed by atoms with van der Waals surface area (Å²) in [5.74, 6) is 0.514. The Kier molecular flexibility index (Phi) is 4.31. The summed E-state index contributed by atoms with van der Waals surface area (Å²) in [6.45, 7) is 5.24. The standard InChI is InChI=1S/C15H18N6O2/c1-11-3-4-13(19-18-11)20-5-2-6-21(8-7-20)14-10-16-12(9-17-14)15(22)23/h3-4,9-10H,2,5-8H2,1H3,(H,22,23). The summed E-state index contributed by atoms with van der Waals surface area (Å²) in [6, 6.07) is 3.94. The minimum atomic E-state index is -1.07. The molecule has 0 spiro atoms. The van der Waals surface area contributed by atoms with Crippen LogP contribution < -0.4 is 9.80 Å². The van der Waals surface area contributed by atoms with Crippen molar-refractivity contribution in [2.45, 2.75) is 13.3 Å². The van der Waals surface area contributed by atoms with Crippen molar-refractivity contribution in [3.05, 3.63) is 35.9 Å². The number of aryl methyl sites for hydroxylation is 1. The normalized spacial score (nSPS) is 15.3. The van der Waals surface area contributed by atoms with Crippen LogP contribution in [0.25, 0.3) is 0 Å². The van der Waals surface area contributed by atoms with Crippen molar-refractivity contribution >= 4 is 17.6 Å². The number of rotatable bonds is 3. The van der Waals surface area contributed by atoms with Crippen molar-refractivity contribution in [1.29, 1.82) is 0 Å². The van der Waals surface area contributed by atoms with E-state index in [1.54, 1.807) is 0 Å². The van der Waals surface area contributed by atoms with Gasteiger partial charge in [0.15, 0.2) is 11.5 Å². The second kappa shape index (κ2) is 6.55. The largest absolute Gasteiger partial charge is 0.476 e. The van der Waals surface area contributed by atoms with Crippen molar-refractivity contribution in [2.24, 2.45) is 0 Å². The van der Waals surface area contributed by atoms with Crippen LogP contribution in [0.4, 0.5) is 11.6 Å². The van der Waals surface area contributed by atoms with Gasteiger partial charge in [-0.2, -0.15) is 5.10 Å². The number of carbonyl (C=O) groups is 1. The molecule has 8 heteroatoms. The third kappa shape index (κ3) is 3.53. The zero-order valence-electron chi connectivity index (χ0n) is 12.9. The average molecular weight is 314 g/mol. The van der Waals surface area contributed by atoms with Gasteiger partial charge in [0.1, 0.15) is 5.82 Å². The molecule has 120 valence electrons. The molecule has 2 aromatic heterocycles. The Balaban J connectivity index is 1.68. The Morgan fingerprint density at radius 1 is 1.00 bits per heavy atom. The molecule has 23 heavy (non-hydrogen) atoms. The van der Waals surface area contributed by atoms with Gasteiger partial charge in [-0.05, 0) is 25.5 Å². The maximum Gasteiger partial charge on any atom is 0.356 e. The summed E-state index contributed by atoms with van der Waals surface area (Å²) < 4.78 is 0. The van der Waals surface area contributed by atoms with Crippen molar-refractivity contribution in [3.63, 3.8) is 0 Å². The number of nitrogens with zero attached hydrogens (tertiary/aromatic N) is 6. The molecule has 0 bridgehead atoms. The van der Waals surface area contributed by atoms with Gasteiger partial charge in [0.25, 0.3) is 0 Å². The van der Waals surface area contributed by atoms with Gasteiger partial charge in [-0.1, -0.05) is 0 Å². The first-order valence-electron chi connectivity index (χ1n) is 7.49. The zero-order chi connectivity index (χ0) is 16.2. The van der Waals surface area contributed by atoms with E-state index in [2.05, 4.69) is 30.0 Å². The molecule has 3 heterocycles. The molecule has 1 aliphatic rings. The summed E-state index contributed by atoms with van der Waals surface area (Å²) in [5.41, 5.74) is 0.860. The van der Waals surface area contributed by atoms with Crippen LogP contribution in [-0.2, 0) is 0 Å². The molecule has 8 nitrogen and oxygen atoms in total. The summed E-state index contributed by atoms with van der Waals surface area (Å²) in [6.07, 6.45) is 3.77. The fraction of sp³-hybridized carbons (Fsp3) is 0.400. The lowest BCUT2D eigenvalue weighted by molar-refractivity contribution is 0.0690. The highest BCUT2D eigenvalue weighted by Crippen LogP contribution is 2.16. The third-order valence-corrected chi connectivity index (χ3v) is 3.79. The Hall–Kier alpha value is -2.77. The molecule has 0 amide bonds. The molecule has 1 N–H and O–H groups in total. The first kappa shape index (κ1) is 15.1. The summed E-state index contributed by atoms with van der Waals surface area (Å²) in [4.78, 5) is 23.3. The van der Waals surface area contributed by atoms with E-state index in [1.807, 2.05) is 19.1 Å². The second-order valence-electron chi connectivity index (χ2n) is 5.43. The zero-order valence-corrected chi connectivity index (χ0v) is 12.9. The fourth-order valence-corrected chi connectivity index (χ4v) is 2.53. The first-order chi connectivity index (χ1) is 11.1. The lowest BCUT2D eigenvalue weighted by atomic mass is 10.3. The molecule has 1 fully saturated rings. The van der Waals surface area contributed by atoms with Crippen LogP contribution in [0.3, 0.4) is 0 Å². The van der Waals surface area contributed by atoms with E-state index in [4.69, 9.17) is 5.11 Å². The van der Waals surface area contributed by atoms with Gasteiger partial charge in [0.05, 0.1) is 18.1 Å². The summed E-state index contributed by atoms with van der Waals surface area (Å²) >= 11 is 0. The Morgan fingerprint density at radius 2 is 1.74 bits per heavy atom. The fourth-order valence-electron chi connectivity index (χ4n) is 2.53. The molecule has 2 aromatic rings. The number of anilines is 2. The quantitative estimate of drug-likeness (QED) is 0.896. The minimum Gasteiger partial charge on any atom is -0.476 e. The van der Waals surface area contributed by atoms with Crippen LogP contribution in [0.1, 0.15) is 22.6 Å². The molecule has 0 unspecified atom stereocenters. The number of aromatic carboxylic acids is 1. The van der Waals surface area contributed by atoms with Crippen molar-refractivity contribution in [2.75, 3.05) is 36.0 Å². The average Bonchev–Trinajstić information content (AvgIpc) is 2.82. The molecular weight excluding hydrogens is 296 g/mol. The number of carboxylic acids is 1. The van der Waals surface area contributed by atoms with Crippen LogP contribution in [0.2, 0.25) is 0 Å². The number of hydrogen-bond acceptors (Lipinski definition) is 7. The van der Waals surface area contributed by atoms with Gasteiger partial charge in [0, 0.05) is 26.2 Å². The smallest absolute Gasteiger partial charge is 0.356 e. The minimum absolute atomic E-state index is 0.0415. The number of carboxylic acid groups (broad SMARTS) is 1. The second-order valence-corrected chi connectivity index (χ2v) is 5.43. The SMILES string of the molecule is Cc1ccc(N2CCCN(c3cnc(C(=O)O)cn3)CC2)nn1. The monoisotopic (exact) mass is 314 g/mol. The van der Waals surface area contributed by atoms with E-state index in [0.29, 0.717) is 5.82 Å². The van der Waals surface area contributed by atoms with E-state index >= 15 is 0 Å². The Morgan fingerprint density at radius 3 is 2.30 bits per heavy atom. The van der Waals surface area contributed by atoms with Gasteiger partial charge in [0.2, 0.25) is 0 Å². The molecule has 3 rings (SSSR count). The molecule has 0 aliphatic carbocycles. The molecule has 0 atom stereocenters. The van der Waals surface area contributed by atoms with Crippen LogP contribution in [0.5, 0.6) is 0 Å². The van der Waals surface area contributed by atoms with Crippen LogP contribution in [0.15, 0.2) is 24.5 Å². The maximum atomic E-state index is 10.8. The van der Waals surface area contributed by atoms with Gasteiger partial charge in [-0.25, -0.2) is 14.8 Å². The number of aromatic nitrogens is 4. The van der Waals surface area contributed by atoms with Crippen LogP contribution >= 0.6 is 0 Å². The van der Waals surface area contributed by atoms with E-state index in [1.165, 1.54) is 12.4 Å². The van der Waals surface area contributed by atoms with E-state index in [9.17, 15) is 4.79 Å². The molecule has 1 saturated heterocycles. The summed E-state index contributed by atoms with van der Waals surface area (Å²) in [5, 5.41) is 17.2. The van der Waals surface area contributed by atoms with Gasteiger partial charge in [-0.15, -0.1) is 5.10 Å². The lowest BCUT2D eigenvalue weighted by Crippen LogP contribution is -2.31. The van der Waals surface area contributed by atoms with E-state index in [-0.39, 0.29) is 5.69 Å². The van der Waals surface area contributed by atoms with E-state index in [0.717, 1.165) is 44.1 Å². The maximum absolute atomic E-state index is 10.8. The van der Waals surface area contributed by atoms with Crippen molar-refractivity contribution < 1.29 is 9.90 Å². The van der Waals surface area contributed by atoms with E-state index < -0.39 is 5.97 Å². The topological polar surface area (TPSA) is 95.3 Å². The van der Waals surface area contributed by atoms with Gasteiger partial charge in [-0.3, -0.25) is 0 Å². The third-order valence-electron chi connectivity index (χ3n) is 3.79.